The number of nitrogens with one attached hydrogen (secondary N) is 2. The zero-order chi connectivity index (χ0) is 17.3. The Morgan fingerprint density at radius 1 is 1.29 bits per heavy atom. The average molecular weight is 363 g/mol. The number of rotatable bonds is 4. The number of carboxylic acids is 1. The number of carboxylic acid groups (broad SMARTS) is 1. The van der Waals surface area contributed by atoms with Crippen molar-refractivity contribution in [3.8, 4) is 11.1 Å². The minimum absolute atomic E-state index is 0.0272. The summed E-state index contributed by atoms with van der Waals surface area (Å²) in [5.41, 5.74) is 3.00. The first-order chi connectivity index (χ1) is 11.5. The highest BCUT2D eigenvalue weighted by molar-refractivity contribution is 6.39. The molecule has 8 heteroatoms. The van der Waals surface area contributed by atoms with Crippen molar-refractivity contribution in [1.29, 1.82) is 0 Å². The molecule has 0 fully saturated rings. The van der Waals surface area contributed by atoms with Crippen LogP contribution in [0, 0.1) is 6.92 Å². The number of aromatic nitrogens is 3. The van der Waals surface area contributed by atoms with Crippen LogP contribution in [0.2, 0.25) is 10.0 Å². The Bertz CT molecular complexity index is 901. The molecule has 122 valence electrons. The largest absolute Gasteiger partial charge is 0.478 e. The minimum atomic E-state index is -1.09. The predicted molar refractivity (Wildman–Crippen MR) is 93.3 cm³/mol. The van der Waals surface area contributed by atoms with Crippen LogP contribution in [0.15, 0.2) is 36.7 Å². The lowest BCUT2D eigenvalue weighted by molar-refractivity contribution is 0.0697. The van der Waals surface area contributed by atoms with Gasteiger partial charge >= 0.3 is 5.97 Å². The SMILES string of the molecule is Cc1[nH]ncc1-c1cc(Cl)c(Nc2ncccc2C(=O)O)c(Cl)c1. The molecule has 0 saturated heterocycles. The molecule has 0 radical (unpaired) electrons. The normalized spacial score (nSPS) is 10.6. The molecular formula is C16H12Cl2N4O2. The molecule has 24 heavy (non-hydrogen) atoms. The van der Waals surface area contributed by atoms with Crippen molar-refractivity contribution >= 4 is 40.7 Å². The Kier molecular flexibility index (Phi) is 4.42. The minimum Gasteiger partial charge on any atom is -0.478 e. The van der Waals surface area contributed by atoms with E-state index in [4.69, 9.17) is 23.2 Å². The lowest BCUT2D eigenvalue weighted by Crippen LogP contribution is -2.05. The standard InChI is InChI=1S/C16H12Cl2N4O2/c1-8-11(7-20-22-8)9-5-12(17)14(13(18)6-9)21-15-10(16(23)24)3-2-4-19-15/h2-7H,1H3,(H,19,21)(H,20,22)(H,23,24). The van der Waals surface area contributed by atoms with Crippen LogP contribution in [0.4, 0.5) is 11.5 Å². The van der Waals surface area contributed by atoms with Crippen LogP contribution in [0.25, 0.3) is 11.1 Å². The van der Waals surface area contributed by atoms with E-state index in [9.17, 15) is 9.90 Å². The molecule has 0 bridgehead atoms. The molecule has 0 aliphatic rings. The second-order valence-electron chi connectivity index (χ2n) is 5.05. The van der Waals surface area contributed by atoms with E-state index in [2.05, 4.69) is 20.5 Å². The second-order valence-corrected chi connectivity index (χ2v) is 5.87. The van der Waals surface area contributed by atoms with Crippen LogP contribution < -0.4 is 5.32 Å². The first-order valence-corrected chi connectivity index (χ1v) is 7.67. The van der Waals surface area contributed by atoms with Crippen LogP contribution in [-0.2, 0) is 0 Å². The molecule has 0 aliphatic heterocycles. The Labute approximate surface area is 147 Å². The highest BCUT2D eigenvalue weighted by Gasteiger charge is 2.16. The number of anilines is 2. The lowest BCUT2D eigenvalue weighted by atomic mass is 10.1. The Morgan fingerprint density at radius 3 is 2.58 bits per heavy atom. The third kappa shape index (κ3) is 3.06. The fourth-order valence-electron chi connectivity index (χ4n) is 2.29. The molecule has 0 aliphatic carbocycles. The highest BCUT2D eigenvalue weighted by Crippen LogP contribution is 2.38. The van der Waals surface area contributed by atoms with Gasteiger partial charge in [0.25, 0.3) is 0 Å². The number of benzene rings is 1. The van der Waals surface area contributed by atoms with Gasteiger partial charge in [0.2, 0.25) is 0 Å². The van der Waals surface area contributed by atoms with Crippen LogP contribution in [0.3, 0.4) is 0 Å². The number of nitrogens with zero attached hydrogens (tertiary/aromatic N) is 2. The van der Waals surface area contributed by atoms with Gasteiger partial charge in [-0.3, -0.25) is 5.10 Å². The van der Waals surface area contributed by atoms with Gasteiger partial charge in [0.1, 0.15) is 11.4 Å². The number of aryl methyl sites for hydroxylation is 1. The van der Waals surface area contributed by atoms with Crippen molar-refractivity contribution in [2.45, 2.75) is 6.92 Å². The van der Waals surface area contributed by atoms with Crippen molar-refractivity contribution < 1.29 is 9.90 Å². The monoisotopic (exact) mass is 362 g/mol. The fourth-order valence-corrected chi connectivity index (χ4v) is 2.87. The van der Waals surface area contributed by atoms with Crippen molar-refractivity contribution in [2.75, 3.05) is 5.32 Å². The molecule has 0 amide bonds. The second kappa shape index (κ2) is 6.51. The summed E-state index contributed by atoms with van der Waals surface area (Å²) in [5, 5.41) is 19.6. The first-order valence-electron chi connectivity index (χ1n) is 6.92. The molecule has 0 spiro atoms. The maximum absolute atomic E-state index is 11.3. The zero-order valence-electron chi connectivity index (χ0n) is 12.5. The van der Waals surface area contributed by atoms with Gasteiger partial charge in [0.05, 0.1) is 21.9 Å². The summed E-state index contributed by atoms with van der Waals surface area (Å²) >= 11 is 12.7. The Hall–Kier alpha value is -2.57. The van der Waals surface area contributed by atoms with E-state index in [0.29, 0.717) is 15.7 Å². The maximum atomic E-state index is 11.3. The van der Waals surface area contributed by atoms with E-state index < -0.39 is 5.97 Å². The number of H-pyrrole nitrogens is 1. The molecule has 3 N–H and O–H groups in total. The van der Waals surface area contributed by atoms with Crippen LogP contribution >= 0.6 is 23.2 Å². The molecule has 3 rings (SSSR count). The van der Waals surface area contributed by atoms with E-state index in [1.807, 2.05) is 6.92 Å². The predicted octanol–water partition coefficient (Wildman–Crippen LogP) is 4.53. The maximum Gasteiger partial charge on any atom is 0.339 e. The summed E-state index contributed by atoms with van der Waals surface area (Å²) < 4.78 is 0. The zero-order valence-corrected chi connectivity index (χ0v) is 14.0. The summed E-state index contributed by atoms with van der Waals surface area (Å²) in [6.45, 7) is 1.89. The van der Waals surface area contributed by atoms with Crippen molar-refractivity contribution in [3.05, 3.63) is 58.0 Å². The van der Waals surface area contributed by atoms with Crippen molar-refractivity contribution in [2.24, 2.45) is 0 Å². The van der Waals surface area contributed by atoms with E-state index in [0.717, 1.165) is 16.8 Å². The molecule has 0 atom stereocenters. The van der Waals surface area contributed by atoms with Gasteiger partial charge < -0.3 is 10.4 Å². The van der Waals surface area contributed by atoms with Gasteiger partial charge in [-0.15, -0.1) is 0 Å². The number of halogens is 2. The van der Waals surface area contributed by atoms with Gasteiger partial charge in [0, 0.05) is 17.5 Å². The third-order valence-corrected chi connectivity index (χ3v) is 4.06. The molecular weight excluding hydrogens is 351 g/mol. The quantitative estimate of drug-likeness (QED) is 0.634. The van der Waals surface area contributed by atoms with Crippen LogP contribution in [0.1, 0.15) is 16.1 Å². The summed E-state index contributed by atoms with van der Waals surface area (Å²) in [6, 6.07) is 6.46. The highest BCUT2D eigenvalue weighted by atomic mass is 35.5. The summed E-state index contributed by atoms with van der Waals surface area (Å²) in [5.74, 6) is -0.926. The van der Waals surface area contributed by atoms with Gasteiger partial charge in [-0.1, -0.05) is 23.2 Å². The van der Waals surface area contributed by atoms with Crippen molar-refractivity contribution in [1.82, 2.24) is 15.2 Å². The number of aromatic carboxylic acids is 1. The van der Waals surface area contributed by atoms with E-state index in [1.54, 1.807) is 24.4 Å². The number of hydrogen-bond donors (Lipinski definition) is 3. The molecule has 2 heterocycles. The topological polar surface area (TPSA) is 90.9 Å². The number of carbonyl (C=O) groups is 1. The third-order valence-electron chi connectivity index (χ3n) is 3.46. The number of pyridine rings is 1. The van der Waals surface area contributed by atoms with E-state index in [1.165, 1.54) is 12.3 Å². The molecule has 3 aromatic rings. The summed E-state index contributed by atoms with van der Waals surface area (Å²) in [6.07, 6.45) is 3.17. The summed E-state index contributed by atoms with van der Waals surface area (Å²) in [4.78, 5) is 15.3. The van der Waals surface area contributed by atoms with Crippen LogP contribution in [0.5, 0.6) is 0 Å². The van der Waals surface area contributed by atoms with Gasteiger partial charge in [0.15, 0.2) is 0 Å². The molecule has 6 nitrogen and oxygen atoms in total. The Morgan fingerprint density at radius 2 is 2.00 bits per heavy atom. The number of hydrogen-bond acceptors (Lipinski definition) is 4. The molecule has 1 aromatic carbocycles. The molecule has 0 saturated carbocycles. The average Bonchev–Trinajstić information content (AvgIpc) is 2.97. The number of aromatic amines is 1. The van der Waals surface area contributed by atoms with Gasteiger partial charge in [-0.2, -0.15) is 5.10 Å². The smallest absolute Gasteiger partial charge is 0.339 e. The Balaban J connectivity index is 2.02. The lowest BCUT2D eigenvalue weighted by Gasteiger charge is -2.13. The van der Waals surface area contributed by atoms with E-state index in [-0.39, 0.29) is 11.4 Å². The molecule has 2 aromatic heterocycles. The summed E-state index contributed by atoms with van der Waals surface area (Å²) in [7, 11) is 0. The van der Waals surface area contributed by atoms with Crippen LogP contribution in [-0.4, -0.2) is 26.3 Å². The van der Waals surface area contributed by atoms with E-state index >= 15 is 0 Å². The van der Waals surface area contributed by atoms with Crippen molar-refractivity contribution in [3.63, 3.8) is 0 Å². The van der Waals surface area contributed by atoms with Gasteiger partial charge in [-0.25, -0.2) is 9.78 Å². The molecule has 0 unspecified atom stereocenters. The first kappa shape index (κ1) is 16.3. The van der Waals surface area contributed by atoms with Gasteiger partial charge in [-0.05, 0) is 36.8 Å². The fraction of sp³-hybridized carbons (Fsp3) is 0.0625.